The van der Waals surface area contributed by atoms with Gasteiger partial charge in [-0.05, 0) is 58.4 Å². The molecule has 1 aliphatic carbocycles. The molecule has 0 saturated carbocycles. The Kier molecular flexibility index (Phi) is 3.16. The number of fused-ring (bicyclic) bond motifs is 4. The fourth-order valence-corrected chi connectivity index (χ4v) is 4.23. The zero-order valence-electron chi connectivity index (χ0n) is 14.1. The SMILES string of the molecule is NC(=O)c1cc(F)c(-c2ccc3c(c2)NCC3)c2c1Cc1ccccc1-2. The Hall–Kier alpha value is -3.14. The molecule has 2 aliphatic rings. The Balaban J connectivity index is 1.82. The number of benzene rings is 3. The van der Waals surface area contributed by atoms with Crippen LogP contribution in [0.4, 0.5) is 10.1 Å². The minimum absolute atomic E-state index is 0.275. The molecule has 5 rings (SSSR count). The van der Waals surface area contributed by atoms with E-state index in [2.05, 4.69) is 11.4 Å². The van der Waals surface area contributed by atoms with E-state index in [0.717, 1.165) is 46.5 Å². The predicted molar refractivity (Wildman–Crippen MR) is 101 cm³/mol. The van der Waals surface area contributed by atoms with Crippen molar-refractivity contribution in [2.75, 3.05) is 11.9 Å². The zero-order chi connectivity index (χ0) is 17.8. The van der Waals surface area contributed by atoms with Gasteiger partial charge in [-0.1, -0.05) is 36.4 Å². The fraction of sp³-hybridized carbons (Fsp3) is 0.136. The van der Waals surface area contributed by atoms with Crippen molar-refractivity contribution in [1.82, 2.24) is 0 Å². The van der Waals surface area contributed by atoms with Gasteiger partial charge in [-0.25, -0.2) is 4.39 Å². The van der Waals surface area contributed by atoms with Crippen molar-refractivity contribution in [3.63, 3.8) is 0 Å². The first kappa shape index (κ1) is 15.1. The van der Waals surface area contributed by atoms with Crippen molar-refractivity contribution in [2.45, 2.75) is 12.8 Å². The van der Waals surface area contributed by atoms with Crippen LogP contribution in [0.3, 0.4) is 0 Å². The van der Waals surface area contributed by atoms with Crippen molar-refractivity contribution >= 4 is 11.6 Å². The first-order valence-electron chi connectivity index (χ1n) is 8.74. The molecule has 0 fully saturated rings. The second-order valence-electron chi connectivity index (χ2n) is 6.88. The van der Waals surface area contributed by atoms with Crippen LogP contribution in [0, 0.1) is 5.82 Å². The Bertz CT molecular complexity index is 1090. The van der Waals surface area contributed by atoms with Gasteiger partial charge in [0.05, 0.1) is 0 Å². The summed E-state index contributed by atoms with van der Waals surface area (Å²) in [4.78, 5) is 11.9. The summed E-state index contributed by atoms with van der Waals surface area (Å²) in [5.41, 5.74) is 13.2. The molecule has 0 spiro atoms. The van der Waals surface area contributed by atoms with Gasteiger partial charge in [-0.2, -0.15) is 0 Å². The van der Waals surface area contributed by atoms with Gasteiger partial charge in [-0.15, -0.1) is 0 Å². The molecule has 4 heteroatoms. The van der Waals surface area contributed by atoms with Crippen molar-refractivity contribution in [3.05, 3.63) is 76.6 Å². The van der Waals surface area contributed by atoms with Crippen LogP contribution in [0.2, 0.25) is 0 Å². The van der Waals surface area contributed by atoms with E-state index in [1.807, 2.05) is 36.4 Å². The normalized spacial score (nSPS) is 13.7. The summed E-state index contributed by atoms with van der Waals surface area (Å²) in [5, 5.41) is 3.35. The Morgan fingerprint density at radius 2 is 1.88 bits per heavy atom. The number of primary amides is 1. The molecule has 0 atom stereocenters. The molecule has 3 N–H and O–H groups in total. The molecule has 3 aromatic rings. The van der Waals surface area contributed by atoms with Crippen LogP contribution in [0.5, 0.6) is 0 Å². The van der Waals surface area contributed by atoms with Crippen molar-refractivity contribution in [2.24, 2.45) is 5.73 Å². The van der Waals surface area contributed by atoms with Gasteiger partial charge >= 0.3 is 0 Å². The van der Waals surface area contributed by atoms with Gasteiger partial charge < -0.3 is 11.1 Å². The number of anilines is 1. The molecule has 1 heterocycles. The fourth-order valence-electron chi connectivity index (χ4n) is 4.23. The number of halogens is 1. The van der Waals surface area contributed by atoms with Crippen LogP contribution in [-0.2, 0) is 12.8 Å². The quantitative estimate of drug-likeness (QED) is 0.574. The van der Waals surface area contributed by atoms with E-state index in [9.17, 15) is 4.79 Å². The van der Waals surface area contributed by atoms with E-state index in [1.54, 1.807) is 0 Å². The van der Waals surface area contributed by atoms with Crippen LogP contribution in [0.1, 0.15) is 27.0 Å². The molecule has 3 aromatic carbocycles. The van der Waals surface area contributed by atoms with E-state index in [1.165, 1.54) is 11.6 Å². The summed E-state index contributed by atoms with van der Waals surface area (Å²) >= 11 is 0. The summed E-state index contributed by atoms with van der Waals surface area (Å²) in [7, 11) is 0. The van der Waals surface area contributed by atoms with Crippen LogP contribution < -0.4 is 11.1 Å². The van der Waals surface area contributed by atoms with E-state index in [-0.39, 0.29) is 5.56 Å². The van der Waals surface area contributed by atoms with Gasteiger partial charge in [0.25, 0.3) is 0 Å². The monoisotopic (exact) mass is 344 g/mol. The molecule has 1 amide bonds. The minimum atomic E-state index is -0.588. The maximum absolute atomic E-state index is 15.2. The van der Waals surface area contributed by atoms with E-state index >= 15 is 4.39 Å². The van der Waals surface area contributed by atoms with Crippen molar-refractivity contribution < 1.29 is 9.18 Å². The van der Waals surface area contributed by atoms with Gasteiger partial charge in [0, 0.05) is 23.4 Å². The van der Waals surface area contributed by atoms with Crippen LogP contribution in [0.15, 0.2) is 48.5 Å². The molecule has 0 saturated heterocycles. The van der Waals surface area contributed by atoms with Crippen LogP contribution in [0.25, 0.3) is 22.3 Å². The topological polar surface area (TPSA) is 55.1 Å². The highest BCUT2D eigenvalue weighted by molar-refractivity contribution is 6.02. The maximum atomic E-state index is 15.2. The summed E-state index contributed by atoms with van der Waals surface area (Å²) < 4.78 is 15.2. The zero-order valence-corrected chi connectivity index (χ0v) is 14.1. The predicted octanol–water partition coefficient (Wildman–Crippen LogP) is 4.13. The smallest absolute Gasteiger partial charge is 0.249 e. The van der Waals surface area contributed by atoms with Crippen LogP contribution >= 0.6 is 0 Å². The van der Waals surface area contributed by atoms with Crippen molar-refractivity contribution in [1.29, 1.82) is 0 Å². The molecular weight excluding hydrogens is 327 g/mol. The Morgan fingerprint density at radius 3 is 2.73 bits per heavy atom. The summed E-state index contributed by atoms with van der Waals surface area (Å²) in [6.07, 6.45) is 1.58. The third-order valence-corrected chi connectivity index (χ3v) is 5.41. The molecule has 0 bridgehead atoms. The van der Waals surface area contributed by atoms with E-state index in [0.29, 0.717) is 12.0 Å². The average Bonchev–Trinajstić information content (AvgIpc) is 3.24. The third kappa shape index (κ3) is 2.08. The summed E-state index contributed by atoms with van der Waals surface area (Å²) in [5.74, 6) is -0.998. The largest absolute Gasteiger partial charge is 0.384 e. The molecule has 1 aliphatic heterocycles. The van der Waals surface area contributed by atoms with Gasteiger partial charge in [0.1, 0.15) is 5.82 Å². The lowest BCUT2D eigenvalue weighted by Crippen LogP contribution is -2.14. The maximum Gasteiger partial charge on any atom is 0.249 e. The Morgan fingerprint density at radius 1 is 1.04 bits per heavy atom. The highest BCUT2D eigenvalue weighted by atomic mass is 19.1. The van der Waals surface area contributed by atoms with Gasteiger partial charge in [0.2, 0.25) is 5.91 Å². The number of carbonyl (C=O) groups excluding carboxylic acids is 1. The highest BCUT2D eigenvalue weighted by Gasteiger charge is 2.29. The number of amides is 1. The van der Waals surface area contributed by atoms with Gasteiger partial charge in [0.15, 0.2) is 0 Å². The average molecular weight is 344 g/mol. The summed E-state index contributed by atoms with van der Waals surface area (Å²) in [6.45, 7) is 0.906. The number of hydrogen-bond acceptors (Lipinski definition) is 2. The highest BCUT2D eigenvalue weighted by Crippen LogP contribution is 2.46. The lowest BCUT2D eigenvalue weighted by Gasteiger charge is -2.15. The number of carbonyl (C=O) groups is 1. The van der Waals surface area contributed by atoms with Crippen molar-refractivity contribution in [3.8, 4) is 22.3 Å². The number of rotatable bonds is 2. The van der Waals surface area contributed by atoms with E-state index < -0.39 is 11.7 Å². The molecule has 3 nitrogen and oxygen atoms in total. The first-order chi connectivity index (χ1) is 12.6. The number of nitrogens with one attached hydrogen (secondary N) is 1. The summed E-state index contributed by atoms with van der Waals surface area (Å²) in [6, 6.07) is 15.2. The lowest BCUT2D eigenvalue weighted by molar-refractivity contribution is 0.0999. The minimum Gasteiger partial charge on any atom is -0.384 e. The second-order valence-corrected chi connectivity index (χ2v) is 6.88. The molecule has 0 radical (unpaired) electrons. The van der Waals surface area contributed by atoms with E-state index in [4.69, 9.17) is 5.73 Å². The first-order valence-corrected chi connectivity index (χ1v) is 8.74. The van der Waals surface area contributed by atoms with Gasteiger partial charge in [-0.3, -0.25) is 4.79 Å². The standard InChI is InChI=1S/C22H17FN2O/c23-18-11-17(22(24)26)16-9-13-3-1-2-4-15(13)21(16)20(18)14-6-5-12-7-8-25-19(12)10-14/h1-6,10-11,25H,7-9H2,(H2,24,26). The number of hydrogen-bond donors (Lipinski definition) is 2. The molecule has 0 aromatic heterocycles. The number of nitrogens with two attached hydrogens (primary N) is 1. The van der Waals surface area contributed by atoms with Crippen LogP contribution in [-0.4, -0.2) is 12.5 Å². The molecular formula is C22H17FN2O. The lowest BCUT2D eigenvalue weighted by atomic mass is 9.90. The molecule has 26 heavy (non-hydrogen) atoms. The molecule has 128 valence electrons. The third-order valence-electron chi connectivity index (χ3n) is 5.41. The Labute approximate surface area is 150 Å². The molecule has 0 unspecified atom stereocenters. The second kappa shape index (κ2) is 5.43.